The Labute approximate surface area is 122 Å². The van der Waals surface area contributed by atoms with Crippen LogP contribution in [0.3, 0.4) is 0 Å². The normalized spacial score (nSPS) is 11.9. The van der Waals surface area contributed by atoms with E-state index in [4.69, 9.17) is 5.73 Å². The van der Waals surface area contributed by atoms with E-state index in [1.807, 2.05) is 31.2 Å². The van der Waals surface area contributed by atoms with Gasteiger partial charge in [0.25, 0.3) is 0 Å². The summed E-state index contributed by atoms with van der Waals surface area (Å²) in [4.78, 5) is 2.19. The molecule has 1 rings (SSSR count). The second kappa shape index (κ2) is 8.27. The molecule has 0 saturated heterocycles. The fourth-order valence-corrected chi connectivity index (χ4v) is 3.51. The first-order valence-corrected chi connectivity index (χ1v) is 9.06. The number of rotatable bonds is 9. The van der Waals surface area contributed by atoms with E-state index < -0.39 is 9.84 Å². The molecule has 1 aromatic carbocycles. The van der Waals surface area contributed by atoms with Crippen molar-refractivity contribution in [3.8, 4) is 0 Å². The van der Waals surface area contributed by atoms with Crippen molar-refractivity contribution in [2.24, 2.45) is 0 Å². The molecule has 0 amide bonds. The van der Waals surface area contributed by atoms with Gasteiger partial charge in [-0.25, -0.2) is 8.42 Å². The van der Waals surface area contributed by atoms with E-state index in [-0.39, 0.29) is 11.5 Å². The Morgan fingerprint density at radius 1 is 1.00 bits per heavy atom. The van der Waals surface area contributed by atoms with E-state index >= 15 is 0 Å². The fourth-order valence-electron chi connectivity index (χ4n) is 2.15. The van der Waals surface area contributed by atoms with Crippen molar-refractivity contribution in [3.05, 3.63) is 29.8 Å². The zero-order valence-electron chi connectivity index (χ0n) is 12.5. The first-order valence-electron chi connectivity index (χ1n) is 7.24. The number of nitrogens with zero attached hydrogens (tertiary/aromatic N) is 1. The molecule has 0 spiro atoms. The van der Waals surface area contributed by atoms with Crippen LogP contribution in [-0.2, 0) is 16.4 Å². The van der Waals surface area contributed by atoms with E-state index in [0.717, 1.165) is 25.2 Å². The maximum atomic E-state index is 11.8. The van der Waals surface area contributed by atoms with Crippen molar-refractivity contribution < 1.29 is 8.42 Å². The van der Waals surface area contributed by atoms with Crippen molar-refractivity contribution in [1.82, 2.24) is 4.90 Å². The lowest BCUT2D eigenvalue weighted by Gasteiger charge is -2.21. The van der Waals surface area contributed by atoms with Crippen molar-refractivity contribution in [2.45, 2.75) is 33.2 Å². The Balaban J connectivity index is 2.58. The van der Waals surface area contributed by atoms with Gasteiger partial charge in [-0.05, 0) is 37.1 Å². The molecule has 0 radical (unpaired) electrons. The van der Waals surface area contributed by atoms with Crippen molar-refractivity contribution in [3.63, 3.8) is 0 Å². The molecule has 0 atom stereocenters. The van der Waals surface area contributed by atoms with Crippen molar-refractivity contribution in [2.75, 3.05) is 30.3 Å². The molecule has 0 fully saturated rings. The summed E-state index contributed by atoms with van der Waals surface area (Å²) in [5, 5.41) is 0. The van der Waals surface area contributed by atoms with Gasteiger partial charge in [-0.15, -0.1) is 0 Å². The summed E-state index contributed by atoms with van der Waals surface area (Å²) >= 11 is 0. The maximum Gasteiger partial charge on any atom is 0.151 e. The van der Waals surface area contributed by atoms with Gasteiger partial charge in [0.15, 0.2) is 9.84 Å². The highest BCUT2D eigenvalue weighted by Gasteiger charge is 2.13. The highest BCUT2D eigenvalue weighted by molar-refractivity contribution is 7.91. The molecule has 0 bridgehead atoms. The van der Waals surface area contributed by atoms with Crippen LogP contribution in [0.25, 0.3) is 0 Å². The van der Waals surface area contributed by atoms with Crippen LogP contribution in [0.4, 0.5) is 5.69 Å². The Kier molecular flexibility index (Phi) is 7.02. The quantitative estimate of drug-likeness (QED) is 0.711. The molecule has 2 N–H and O–H groups in total. The minimum atomic E-state index is -2.91. The van der Waals surface area contributed by atoms with Crippen LogP contribution in [-0.4, -0.2) is 37.9 Å². The van der Waals surface area contributed by atoms with Gasteiger partial charge in [0.2, 0.25) is 0 Å². The third-order valence-electron chi connectivity index (χ3n) is 3.16. The third kappa shape index (κ3) is 6.39. The third-order valence-corrected chi connectivity index (χ3v) is 4.99. The second-order valence-electron chi connectivity index (χ2n) is 5.17. The molecule has 4 nitrogen and oxygen atoms in total. The molecule has 0 aliphatic carbocycles. The summed E-state index contributed by atoms with van der Waals surface area (Å²) in [5.74, 6) is 0.532. The predicted molar refractivity (Wildman–Crippen MR) is 85.4 cm³/mol. The minimum absolute atomic E-state index is 0.246. The SMILES string of the molecule is CCCN(CCS(=O)(=O)CCC)Cc1ccc(N)cc1. The summed E-state index contributed by atoms with van der Waals surface area (Å²) in [7, 11) is -2.91. The molecule has 0 saturated carbocycles. The monoisotopic (exact) mass is 298 g/mol. The van der Waals surface area contributed by atoms with Crippen molar-refractivity contribution in [1.29, 1.82) is 0 Å². The van der Waals surface area contributed by atoms with Crippen molar-refractivity contribution >= 4 is 15.5 Å². The van der Waals surface area contributed by atoms with E-state index in [1.54, 1.807) is 0 Å². The first-order chi connectivity index (χ1) is 9.46. The number of hydrogen-bond acceptors (Lipinski definition) is 4. The van der Waals surface area contributed by atoms with E-state index in [9.17, 15) is 8.42 Å². The van der Waals surface area contributed by atoms with Gasteiger partial charge in [0.1, 0.15) is 0 Å². The molecule has 114 valence electrons. The lowest BCUT2D eigenvalue weighted by atomic mass is 10.2. The van der Waals surface area contributed by atoms with Gasteiger partial charge >= 0.3 is 0 Å². The average molecular weight is 298 g/mol. The molecule has 0 aliphatic heterocycles. The molecular weight excluding hydrogens is 272 g/mol. The van der Waals surface area contributed by atoms with Crippen LogP contribution in [0.15, 0.2) is 24.3 Å². The average Bonchev–Trinajstić information content (AvgIpc) is 2.39. The summed E-state index contributed by atoms with van der Waals surface area (Å²) in [6.07, 6.45) is 1.71. The summed E-state index contributed by atoms with van der Waals surface area (Å²) in [6.45, 7) is 6.29. The molecule has 0 aliphatic rings. The Hall–Kier alpha value is -1.07. The van der Waals surface area contributed by atoms with Gasteiger partial charge in [-0.1, -0.05) is 26.0 Å². The van der Waals surface area contributed by atoms with Crippen LogP contribution in [0, 0.1) is 0 Å². The molecule has 20 heavy (non-hydrogen) atoms. The molecule has 5 heteroatoms. The number of benzene rings is 1. The molecule has 0 unspecified atom stereocenters. The van der Waals surface area contributed by atoms with Crippen LogP contribution >= 0.6 is 0 Å². The molecular formula is C15H26N2O2S. The van der Waals surface area contributed by atoms with Gasteiger partial charge in [0, 0.05) is 24.5 Å². The second-order valence-corrected chi connectivity index (χ2v) is 7.47. The largest absolute Gasteiger partial charge is 0.399 e. The van der Waals surface area contributed by atoms with E-state index in [1.165, 1.54) is 5.56 Å². The van der Waals surface area contributed by atoms with Crippen LogP contribution in [0.2, 0.25) is 0 Å². The zero-order valence-corrected chi connectivity index (χ0v) is 13.3. The minimum Gasteiger partial charge on any atom is -0.399 e. The van der Waals surface area contributed by atoms with Gasteiger partial charge in [-0.2, -0.15) is 0 Å². The first kappa shape index (κ1) is 17.0. The fraction of sp³-hybridized carbons (Fsp3) is 0.600. The lowest BCUT2D eigenvalue weighted by Crippen LogP contribution is -2.30. The van der Waals surface area contributed by atoms with Gasteiger partial charge in [0.05, 0.1) is 5.75 Å². The van der Waals surface area contributed by atoms with Gasteiger partial charge in [-0.3, -0.25) is 4.90 Å². The highest BCUT2D eigenvalue weighted by atomic mass is 32.2. The number of nitrogens with two attached hydrogens (primary N) is 1. The number of nitrogen functional groups attached to an aromatic ring is 1. The topological polar surface area (TPSA) is 63.4 Å². The number of sulfone groups is 1. The molecule has 0 aromatic heterocycles. The van der Waals surface area contributed by atoms with Crippen LogP contribution in [0.5, 0.6) is 0 Å². The molecule has 1 aromatic rings. The molecule has 0 heterocycles. The van der Waals surface area contributed by atoms with Gasteiger partial charge < -0.3 is 5.73 Å². The van der Waals surface area contributed by atoms with Crippen LogP contribution < -0.4 is 5.73 Å². The lowest BCUT2D eigenvalue weighted by molar-refractivity contribution is 0.281. The highest BCUT2D eigenvalue weighted by Crippen LogP contribution is 2.09. The smallest absolute Gasteiger partial charge is 0.151 e. The Morgan fingerprint density at radius 2 is 1.65 bits per heavy atom. The van der Waals surface area contributed by atoms with Crippen LogP contribution in [0.1, 0.15) is 32.3 Å². The van der Waals surface area contributed by atoms with E-state index in [0.29, 0.717) is 13.0 Å². The zero-order chi connectivity index (χ0) is 15.0. The number of hydrogen-bond donors (Lipinski definition) is 1. The van der Waals surface area contributed by atoms with E-state index in [2.05, 4.69) is 11.8 Å². The Bertz CT molecular complexity index is 483. The summed E-state index contributed by atoms with van der Waals surface area (Å²) in [6, 6.07) is 7.76. The standard InChI is InChI=1S/C15H26N2O2S/c1-3-9-17(10-12-20(18,19)11-4-2)13-14-5-7-15(16)8-6-14/h5-8H,3-4,9-13,16H2,1-2H3. The summed E-state index contributed by atoms with van der Waals surface area (Å²) in [5.41, 5.74) is 7.59. The maximum absolute atomic E-state index is 11.8. The predicted octanol–water partition coefficient (Wildman–Crippen LogP) is 2.31. The summed E-state index contributed by atoms with van der Waals surface area (Å²) < 4.78 is 23.6. The Morgan fingerprint density at radius 3 is 2.20 bits per heavy atom. The number of anilines is 1.